The van der Waals surface area contributed by atoms with Crippen LogP contribution in [0.25, 0.3) is 0 Å². The van der Waals surface area contributed by atoms with Gasteiger partial charge in [-0.05, 0) is 46.0 Å². The van der Waals surface area contributed by atoms with Gasteiger partial charge in [0.05, 0.1) is 17.5 Å². The first-order valence-electron chi connectivity index (χ1n) is 6.75. The van der Waals surface area contributed by atoms with E-state index in [4.69, 9.17) is 5.73 Å². The van der Waals surface area contributed by atoms with E-state index < -0.39 is 0 Å². The zero-order valence-corrected chi connectivity index (χ0v) is 11.5. The Balaban J connectivity index is 2.04. The fourth-order valence-corrected chi connectivity index (χ4v) is 2.59. The summed E-state index contributed by atoms with van der Waals surface area (Å²) in [5.41, 5.74) is 7.67. The molecule has 2 rings (SSSR count). The molecule has 18 heavy (non-hydrogen) atoms. The van der Waals surface area contributed by atoms with Crippen LogP contribution in [0.3, 0.4) is 0 Å². The van der Waals surface area contributed by atoms with Crippen molar-refractivity contribution in [1.29, 1.82) is 0 Å². The normalized spacial score (nSPS) is 23.8. The number of hydrogen-bond acceptors (Lipinski definition) is 4. The summed E-state index contributed by atoms with van der Waals surface area (Å²) in [6.45, 7) is 6.98. The molecule has 0 spiro atoms. The molecule has 1 aromatic heterocycles. The SMILES string of the molecule is Cc1nn(C(C)C)c(NCC2CCC(O)C2)c1N. The Morgan fingerprint density at radius 2 is 2.22 bits per heavy atom. The minimum absolute atomic E-state index is 0.120. The number of hydrogen-bond donors (Lipinski definition) is 3. The highest BCUT2D eigenvalue weighted by Gasteiger charge is 2.23. The molecule has 1 aliphatic rings. The molecule has 0 saturated heterocycles. The number of aromatic nitrogens is 2. The van der Waals surface area contributed by atoms with Gasteiger partial charge in [-0.25, -0.2) is 4.68 Å². The van der Waals surface area contributed by atoms with Gasteiger partial charge in [0, 0.05) is 12.6 Å². The summed E-state index contributed by atoms with van der Waals surface area (Å²) in [7, 11) is 0. The fraction of sp³-hybridized carbons (Fsp3) is 0.769. The molecule has 102 valence electrons. The van der Waals surface area contributed by atoms with Gasteiger partial charge in [0.2, 0.25) is 0 Å². The zero-order valence-electron chi connectivity index (χ0n) is 11.5. The summed E-state index contributed by atoms with van der Waals surface area (Å²) in [5.74, 6) is 1.46. The number of rotatable bonds is 4. The number of nitrogens with one attached hydrogen (secondary N) is 1. The quantitative estimate of drug-likeness (QED) is 0.765. The van der Waals surface area contributed by atoms with Crippen LogP contribution in [0, 0.1) is 12.8 Å². The van der Waals surface area contributed by atoms with E-state index in [2.05, 4.69) is 24.3 Å². The highest BCUT2D eigenvalue weighted by Crippen LogP contribution is 2.29. The largest absolute Gasteiger partial charge is 0.394 e. The lowest BCUT2D eigenvalue weighted by molar-refractivity contribution is 0.178. The van der Waals surface area contributed by atoms with Gasteiger partial charge in [0.1, 0.15) is 5.82 Å². The fourth-order valence-electron chi connectivity index (χ4n) is 2.59. The average molecular weight is 252 g/mol. The van der Waals surface area contributed by atoms with E-state index >= 15 is 0 Å². The number of nitrogens with zero attached hydrogens (tertiary/aromatic N) is 2. The number of aliphatic hydroxyl groups excluding tert-OH is 1. The van der Waals surface area contributed by atoms with Crippen molar-refractivity contribution >= 4 is 11.5 Å². The molecule has 2 unspecified atom stereocenters. The van der Waals surface area contributed by atoms with Crippen molar-refractivity contribution in [2.45, 2.75) is 52.2 Å². The Hall–Kier alpha value is -1.23. The van der Waals surface area contributed by atoms with Gasteiger partial charge in [-0.15, -0.1) is 0 Å². The maximum Gasteiger partial charge on any atom is 0.148 e. The number of nitrogen functional groups attached to an aromatic ring is 1. The van der Waals surface area contributed by atoms with Gasteiger partial charge in [-0.2, -0.15) is 5.10 Å². The molecule has 5 nitrogen and oxygen atoms in total. The van der Waals surface area contributed by atoms with Crippen LogP contribution in [0.1, 0.15) is 44.8 Å². The second kappa shape index (κ2) is 5.18. The standard InChI is InChI=1S/C13H24N4O/c1-8(2)17-13(12(14)9(3)16-17)15-7-10-4-5-11(18)6-10/h8,10-11,15,18H,4-7,14H2,1-3H3. The third-order valence-corrected chi connectivity index (χ3v) is 3.69. The molecule has 1 aromatic rings. The lowest BCUT2D eigenvalue weighted by Crippen LogP contribution is -2.17. The van der Waals surface area contributed by atoms with Gasteiger partial charge in [-0.3, -0.25) is 0 Å². The van der Waals surface area contributed by atoms with E-state index in [1.54, 1.807) is 0 Å². The molecule has 0 aromatic carbocycles. The van der Waals surface area contributed by atoms with E-state index in [9.17, 15) is 5.11 Å². The number of anilines is 2. The molecule has 5 heteroatoms. The molecule has 2 atom stereocenters. The number of aryl methyl sites for hydroxylation is 1. The van der Waals surface area contributed by atoms with Gasteiger partial charge < -0.3 is 16.2 Å². The van der Waals surface area contributed by atoms with Gasteiger partial charge in [0.25, 0.3) is 0 Å². The molecule has 0 radical (unpaired) electrons. The first-order chi connectivity index (χ1) is 8.49. The Morgan fingerprint density at radius 3 is 2.78 bits per heavy atom. The summed E-state index contributed by atoms with van der Waals surface area (Å²) in [6.07, 6.45) is 2.78. The summed E-state index contributed by atoms with van der Waals surface area (Å²) in [4.78, 5) is 0. The van der Waals surface area contributed by atoms with Crippen molar-refractivity contribution in [3.05, 3.63) is 5.69 Å². The van der Waals surface area contributed by atoms with Crippen LogP contribution in [-0.4, -0.2) is 27.5 Å². The van der Waals surface area contributed by atoms with Crippen molar-refractivity contribution in [1.82, 2.24) is 9.78 Å². The van der Waals surface area contributed by atoms with Crippen LogP contribution >= 0.6 is 0 Å². The maximum absolute atomic E-state index is 9.53. The topological polar surface area (TPSA) is 76.1 Å². The Morgan fingerprint density at radius 1 is 1.50 bits per heavy atom. The number of aliphatic hydroxyl groups is 1. The molecule has 4 N–H and O–H groups in total. The van der Waals surface area contributed by atoms with E-state index in [0.717, 1.165) is 43.0 Å². The zero-order chi connectivity index (χ0) is 13.3. The van der Waals surface area contributed by atoms with Crippen LogP contribution in [0.5, 0.6) is 0 Å². The summed E-state index contributed by atoms with van der Waals surface area (Å²) in [5, 5.41) is 17.4. The lowest BCUT2D eigenvalue weighted by atomic mass is 10.1. The van der Waals surface area contributed by atoms with Gasteiger partial charge in [0.15, 0.2) is 0 Å². The maximum atomic E-state index is 9.53. The van der Waals surface area contributed by atoms with E-state index in [0.29, 0.717) is 5.92 Å². The van der Waals surface area contributed by atoms with Crippen LogP contribution in [-0.2, 0) is 0 Å². The highest BCUT2D eigenvalue weighted by atomic mass is 16.3. The first kappa shape index (κ1) is 13.2. The monoisotopic (exact) mass is 252 g/mol. The second-order valence-corrected chi connectivity index (χ2v) is 5.60. The minimum atomic E-state index is -0.120. The average Bonchev–Trinajstić information content (AvgIpc) is 2.83. The second-order valence-electron chi connectivity index (χ2n) is 5.60. The van der Waals surface area contributed by atoms with Crippen LogP contribution in [0.2, 0.25) is 0 Å². The van der Waals surface area contributed by atoms with Crippen LogP contribution < -0.4 is 11.1 Å². The summed E-state index contributed by atoms with van der Waals surface area (Å²) < 4.78 is 1.94. The molecule has 0 aliphatic heterocycles. The van der Waals surface area contributed by atoms with Crippen molar-refractivity contribution in [3.8, 4) is 0 Å². The molecular weight excluding hydrogens is 228 g/mol. The Bertz CT molecular complexity index is 413. The van der Waals surface area contributed by atoms with Crippen molar-refractivity contribution in [2.24, 2.45) is 5.92 Å². The molecule has 0 bridgehead atoms. The smallest absolute Gasteiger partial charge is 0.148 e. The van der Waals surface area contributed by atoms with Crippen molar-refractivity contribution in [2.75, 3.05) is 17.6 Å². The molecule has 0 amide bonds. The summed E-state index contributed by atoms with van der Waals surface area (Å²) in [6, 6.07) is 0.290. The molecule has 1 aliphatic carbocycles. The van der Waals surface area contributed by atoms with E-state index in [-0.39, 0.29) is 12.1 Å². The minimum Gasteiger partial charge on any atom is -0.394 e. The third-order valence-electron chi connectivity index (χ3n) is 3.69. The molecule has 1 saturated carbocycles. The van der Waals surface area contributed by atoms with Gasteiger partial charge in [-0.1, -0.05) is 0 Å². The predicted molar refractivity (Wildman–Crippen MR) is 73.6 cm³/mol. The lowest BCUT2D eigenvalue weighted by Gasteiger charge is -2.16. The first-order valence-corrected chi connectivity index (χ1v) is 6.75. The molecule has 1 fully saturated rings. The van der Waals surface area contributed by atoms with E-state index in [1.807, 2.05) is 11.6 Å². The van der Waals surface area contributed by atoms with Crippen molar-refractivity contribution in [3.63, 3.8) is 0 Å². The Kier molecular flexibility index (Phi) is 3.80. The Labute approximate surface area is 108 Å². The van der Waals surface area contributed by atoms with Crippen molar-refractivity contribution < 1.29 is 5.11 Å². The predicted octanol–water partition coefficient (Wildman–Crippen LogP) is 1.93. The third kappa shape index (κ3) is 2.61. The van der Waals surface area contributed by atoms with Crippen LogP contribution in [0.4, 0.5) is 11.5 Å². The molecule has 1 heterocycles. The van der Waals surface area contributed by atoms with Crippen LogP contribution in [0.15, 0.2) is 0 Å². The molecular formula is C13H24N4O. The summed E-state index contributed by atoms with van der Waals surface area (Å²) >= 11 is 0. The number of nitrogens with two attached hydrogens (primary N) is 1. The highest BCUT2D eigenvalue weighted by molar-refractivity contribution is 5.64. The van der Waals surface area contributed by atoms with Gasteiger partial charge >= 0.3 is 0 Å². The van der Waals surface area contributed by atoms with E-state index in [1.165, 1.54) is 0 Å².